The molecular weight excluding hydrogens is 178 g/mol. The third-order valence-electron chi connectivity index (χ3n) is 2.95. The highest BCUT2D eigenvalue weighted by atomic mass is 16.1. The zero-order chi connectivity index (χ0) is 9.71. The summed E-state index contributed by atoms with van der Waals surface area (Å²) in [7, 11) is 0. The number of aromatic nitrogens is 1. The largest absolute Gasteiger partial charge is 0.292 e. The standard InChI is InChI=1S/C11H9NO2/c13-8-3-1-6-5-7-2-4-9(14)11(7)12-10(6)8/h5H,1-4H2. The van der Waals surface area contributed by atoms with E-state index in [-0.39, 0.29) is 11.6 Å². The van der Waals surface area contributed by atoms with Gasteiger partial charge in [0.05, 0.1) is 0 Å². The van der Waals surface area contributed by atoms with Gasteiger partial charge in [-0.1, -0.05) is 6.07 Å². The van der Waals surface area contributed by atoms with Crippen molar-refractivity contribution in [2.45, 2.75) is 25.7 Å². The summed E-state index contributed by atoms with van der Waals surface area (Å²) in [6.45, 7) is 0. The molecule has 0 amide bonds. The molecule has 70 valence electrons. The van der Waals surface area contributed by atoms with Crippen LogP contribution in [-0.4, -0.2) is 16.6 Å². The van der Waals surface area contributed by atoms with Gasteiger partial charge in [-0.3, -0.25) is 9.59 Å². The molecule has 0 saturated carbocycles. The molecule has 0 fully saturated rings. The number of aryl methyl sites for hydroxylation is 2. The van der Waals surface area contributed by atoms with E-state index in [1.54, 1.807) is 0 Å². The summed E-state index contributed by atoms with van der Waals surface area (Å²) < 4.78 is 0. The minimum atomic E-state index is 0.0856. The average molecular weight is 187 g/mol. The molecule has 0 atom stereocenters. The van der Waals surface area contributed by atoms with Crippen LogP contribution in [0, 0.1) is 0 Å². The lowest BCUT2D eigenvalue weighted by atomic mass is 10.1. The van der Waals surface area contributed by atoms with E-state index in [2.05, 4.69) is 4.98 Å². The van der Waals surface area contributed by atoms with Crippen LogP contribution in [-0.2, 0) is 12.8 Å². The molecule has 14 heavy (non-hydrogen) atoms. The lowest BCUT2D eigenvalue weighted by Crippen LogP contribution is -2.03. The van der Waals surface area contributed by atoms with E-state index in [4.69, 9.17) is 0 Å². The third-order valence-corrected chi connectivity index (χ3v) is 2.95. The van der Waals surface area contributed by atoms with Crippen molar-refractivity contribution in [3.05, 3.63) is 28.6 Å². The van der Waals surface area contributed by atoms with E-state index in [0.29, 0.717) is 24.2 Å². The maximum Gasteiger partial charge on any atom is 0.181 e. The molecule has 3 nitrogen and oxygen atoms in total. The van der Waals surface area contributed by atoms with E-state index in [1.165, 1.54) is 0 Å². The van der Waals surface area contributed by atoms with E-state index >= 15 is 0 Å². The molecule has 2 aliphatic carbocycles. The highest BCUT2D eigenvalue weighted by Gasteiger charge is 2.28. The molecule has 0 spiro atoms. The molecule has 1 aromatic heterocycles. The van der Waals surface area contributed by atoms with Crippen LogP contribution < -0.4 is 0 Å². The number of Topliss-reactive ketones (excluding diaryl/α,β-unsaturated/α-hetero) is 2. The lowest BCUT2D eigenvalue weighted by Gasteiger charge is -2.00. The van der Waals surface area contributed by atoms with Crippen molar-refractivity contribution in [1.29, 1.82) is 0 Å². The smallest absolute Gasteiger partial charge is 0.181 e. The maximum absolute atomic E-state index is 11.4. The highest BCUT2D eigenvalue weighted by Crippen LogP contribution is 2.27. The van der Waals surface area contributed by atoms with E-state index in [0.717, 1.165) is 24.0 Å². The molecule has 0 radical (unpaired) electrons. The SMILES string of the molecule is O=C1CCc2cc3c(nc21)C(=O)CC3. The Kier molecular flexibility index (Phi) is 1.40. The van der Waals surface area contributed by atoms with Gasteiger partial charge in [-0.05, 0) is 24.0 Å². The van der Waals surface area contributed by atoms with Crippen LogP contribution >= 0.6 is 0 Å². The molecule has 1 heterocycles. The Balaban J connectivity index is 2.25. The number of rotatable bonds is 0. The highest BCUT2D eigenvalue weighted by molar-refractivity contribution is 6.03. The average Bonchev–Trinajstić information content (AvgIpc) is 2.71. The predicted octanol–water partition coefficient (Wildman–Crippen LogP) is 1.34. The molecule has 0 aromatic carbocycles. The lowest BCUT2D eigenvalue weighted by molar-refractivity contribution is 0.0988. The van der Waals surface area contributed by atoms with Crippen LogP contribution in [0.1, 0.15) is 44.9 Å². The van der Waals surface area contributed by atoms with Crippen LogP contribution in [0.4, 0.5) is 0 Å². The Morgan fingerprint density at radius 3 is 1.86 bits per heavy atom. The summed E-state index contributed by atoms with van der Waals surface area (Å²) >= 11 is 0. The van der Waals surface area contributed by atoms with Gasteiger partial charge in [0.1, 0.15) is 11.4 Å². The molecule has 0 bridgehead atoms. The number of carbonyl (C=O) groups excluding carboxylic acids is 2. The first-order chi connectivity index (χ1) is 6.75. The topological polar surface area (TPSA) is 47.0 Å². The van der Waals surface area contributed by atoms with Gasteiger partial charge in [-0.15, -0.1) is 0 Å². The van der Waals surface area contributed by atoms with Crippen molar-refractivity contribution >= 4 is 11.6 Å². The predicted molar refractivity (Wildman–Crippen MR) is 49.5 cm³/mol. The number of nitrogens with zero attached hydrogens (tertiary/aromatic N) is 1. The fraction of sp³-hybridized carbons (Fsp3) is 0.364. The second kappa shape index (κ2) is 2.50. The Morgan fingerprint density at radius 2 is 1.36 bits per heavy atom. The molecule has 2 aliphatic rings. The second-order valence-electron chi connectivity index (χ2n) is 3.85. The first-order valence-corrected chi connectivity index (χ1v) is 4.85. The number of hydrogen-bond acceptors (Lipinski definition) is 3. The number of pyridine rings is 1. The van der Waals surface area contributed by atoms with Crippen molar-refractivity contribution in [3.8, 4) is 0 Å². The quantitative estimate of drug-likeness (QED) is 0.615. The van der Waals surface area contributed by atoms with Crippen LogP contribution in [0.2, 0.25) is 0 Å². The Hall–Kier alpha value is -1.51. The first kappa shape index (κ1) is 7.85. The fourth-order valence-electron chi connectivity index (χ4n) is 2.20. The minimum Gasteiger partial charge on any atom is -0.292 e. The number of ketones is 2. The summed E-state index contributed by atoms with van der Waals surface area (Å²) in [6.07, 6.45) is 2.70. The minimum absolute atomic E-state index is 0.0856. The molecule has 3 heteroatoms. The first-order valence-electron chi connectivity index (χ1n) is 4.85. The van der Waals surface area contributed by atoms with Crippen molar-refractivity contribution in [1.82, 2.24) is 4.98 Å². The van der Waals surface area contributed by atoms with Gasteiger partial charge in [0.25, 0.3) is 0 Å². The molecule has 3 rings (SSSR count). The molecule has 0 unspecified atom stereocenters. The van der Waals surface area contributed by atoms with Gasteiger partial charge in [-0.2, -0.15) is 0 Å². The molecule has 0 aliphatic heterocycles. The number of fused-ring (bicyclic) bond motifs is 2. The fourth-order valence-corrected chi connectivity index (χ4v) is 2.20. The van der Waals surface area contributed by atoms with Crippen molar-refractivity contribution in [3.63, 3.8) is 0 Å². The summed E-state index contributed by atoms with van der Waals surface area (Å²) in [6, 6.07) is 1.99. The van der Waals surface area contributed by atoms with Crippen LogP contribution in [0.25, 0.3) is 0 Å². The molecule has 0 saturated heterocycles. The molecule has 0 N–H and O–H groups in total. The summed E-state index contributed by atoms with van der Waals surface area (Å²) in [4.78, 5) is 27.0. The Morgan fingerprint density at radius 1 is 0.857 bits per heavy atom. The summed E-state index contributed by atoms with van der Waals surface area (Å²) in [5, 5.41) is 0. The Bertz CT molecular complexity index is 423. The van der Waals surface area contributed by atoms with Gasteiger partial charge in [0.2, 0.25) is 0 Å². The molecule has 1 aromatic rings. The van der Waals surface area contributed by atoms with Gasteiger partial charge in [-0.25, -0.2) is 4.98 Å². The van der Waals surface area contributed by atoms with Gasteiger partial charge >= 0.3 is 0 Å². The van der Waals surface area contributed by atoms with Gasteiger partial charge < -0.3 is 0 Å². The second-order valence-corrected chi connectivity index (χ2v) is 3.85. The number of carbonyl (C=O) groups is 2. The van der Waals surface area contributed by atoms with Crippen molar-refractivity contribution < 1.29 is 9.59 Å². The van der Waals surface area contributed by atoms with Crippen LogP contribution in [0.15, 0.2) is 6.07 Å². The van der Waals surface area contributed by atoms with E-state index in [9.17, 15) is 9.59 Å². The van der Waals surface area contributed by atoms with Gasteiger partial charge in [0, 0.05) is 12.8 Å². The number of hydrogen-bond donors (Lipinski definition) is 0. The van der Waals surface area contributed by atoms with E-state index < -0.39 is 0 Å². The summed E-state index contributed by atoms with van der Waals surface area (Å²) in [5.41, 5.74) is 3.14. The van der Waals surface area contributed by atoms with Crippen molar-refractivity contribution in [2.24, 2.45) is 0 Å². The van der Waals surface area contributed by atoms with Gasteiger partial charge in [0.15, 0.2) is 11.6 Å². The normalized spacial score (nSPS) is 18.6. The zero-order valence-corrected chi connectivity index (χ0v) is 7.67. The van der Waals surface area contributed by atoms with Crippen LogP contribution in [0.3, 0.4) is 0 Å². The van der Waals surface area contributed by atoms with Crippen molar-refractivity contribution in [2.75, 3.05) is 0 Å². The molecular formula is C11H9NO2. The monoisotopic (exact) mass is 187 g/mol. The Labute approximate surface area is 81.2 Å². The van der Waals surface area contributed by atoms with Crippen LogP contribution in [0.5, 0.6) is 0 Å². The zero-order valence-electron chi connectivity index (χ0n) is 7.67. The van der Waals surface area contributed by atoms with E-state index in [1.807, 2.05) is 6.07 Å². The maximum atomic E-state index is 11.4. The third kappa shape index (κ3) is 0.895. The summed E-state index contributed by atoms with van der Waals surface area (Å²) in [5.74, 6) is 0.171.